The van der Waals surface area contributed by atoms with Crippen LogP contribution in [0, 0.1) is 6.92 Å². The second-order valence-electron chi connectivity index (χ2n) is 3.25. The minimum absolute atomic E-state index is 0.178. The van der Waals surface area contributed by atoms with Crippen molar-refractivity contribution in [2.45, 2.75) is 20.4 Å². The Kier molecular flexibility index (Phi) is 3.38. The molecule has 0 atom stereocenters. The minimum Gasteiger partial charge on any atom is -0.478 e. The molecule has 0 amide bonds. The quantitative estimate of drug-likeness (QED) is 0.737. The zero-order valence-electron chi connectivity index (χ0n) is 8.60. The summed E-state index contributed by atoms with van der Waals surface area (Å²) in [7, 11) is 0. The van der Waals surface area contributed by atoms with Crippen LogP contribution >= 0.6 is 0 Å². The van der Waals surface area contributed by atoms with E-state index in [0.717, 1.165) is 5.56 Å². The first kappa shape index (κ1) is 11.2. The van der Waals surface area contributed by atoms with Crippen molar-refractivity contribution in [2.24, 2.45) is 0 Å². The third kappa shape index (κ3) is 3.05. The Balaban J connectivity index is 2.87. The van der Waals surface area contributed by atoms with E-state index in [1.807, 2.05) is 0 Å². The van der Waals surface area contributed by atoms with Gasteiger partial charge in [0.25, 0.3) is 5.56 Å². The standard InChI is InChI=1S/C10H12N2O3/c1-7-5-9(13)12(11-6-7)4-3-8(2)10(14)15/h3,5-6H,4H2,1-2H3,(H,14,15). The van der Waals surface area contributed by atoms with Gasteiger partial charge in [-0.05, 0) is 19.4 Å². The van der Waals surface area contributed by atoms with Crippen LogP contribution in [0.5, 0.6) is 0 Å². The van der Waals surface area contributed by atoms with E-state index in [1.54, 1.807) is 13.1 Å². The van der Waals surface area contributed by atoms with Crippen LogP contribution in [-0.4, -0.2) is 20.9 Å². The molecule has 0 aromatic carbocycles. The number of allylic oxidation sites excluding steroid dienone is 1. The first-order chi connectivity index (χ1) is 7.00. The zero-order chi connectivity index (χ0) is 11.4. The second kappa shape index (κ2) is 4.54. The first-order valence-electron chi connectivity index (χ1n) is 4.44. The van der Waals surface area contributed by atoms with E-state index < -0.39 is 5.97 Å². The number of aromatic nitrogens is 2. The van der Waals surface area contributed by atoms with Crippen LogP contribution in [0.25, 0.3) is 0 Å². The van der Waals surface area contributed by atoms with Crippen LogP contribution in [0.15, 0.2) is 28.7 Å². The predicted octanol–water partition coefficient (Wildman–Crippen LogP) is 0.583. The van der Waals surface area contributed by atoms with Gasteiger partial charge >= 0.3 is 5.97 Å². The van der Waals surface area contributed by atoms with Crippen molar-refractivity contribution >= 4 is 5.97 Å². The molecular formula is C10H12N2O3. The summed E-state index contributed by atoms with van der Waals surface area (Å²) < 4.78 is 1.21. The monoisotopic (exact) mass is 208 g/mol. The Morgan fingerprint density at radius 3 is 2.87 bits per heavy atom. The van der Waals surface area contributed by atoms with Gasteiger partial charge in [0.15, 0.2) is 0 Å². The number of carbonyl (C=O) groups is 1. The smallest absolute Gasteiger partial charge is 0.331 e. The molecule has 0 fully saturated rings. The molecule has 1 N–H and O–H groups in total. The molecule has 0 spiro atoms. The Bertz CT molecular complexity index is 460. The lowest BCUT2D eigenvalue weighted by Crippen LogP contribution is -2.21. The summed E-state index contributed by atoms with van der Waals surface area (Å²) >= 11 is 0. The van der Waals surface area contributed by atoms with E-state index >= 15 is 0 Å². The van der Waals surface area contributed by atoms with E-state index in [1.165, 1.54) is 23.7 Å². The molecule has 15 heavy (non-hydrogen) atoms. The second-order valence-corrected chi connectivity index (χ2v) is 3.25. The number of carboxylic acids is 1. The van der Waals surface area contributed by atoms with Crippen molar-refractivity contribution in [3.63, 3.8) is 0 Å². The molecule has 0 saturated carbocycles. The van der Waals surface area contributed by atoms with Crippen molar-refractivity contribution in [3.05, 3.63) is 39.8 Å². The SMILES string of the molecule is CC(=CCn1ncc(C)cc1=O)C(=O)O. The average Bonchev–Trinajstić information content (AvgIpc) is 2.15. The van der Waals surface area contributed by atoms with Gasteiger partial charge < -0.3 is 5.11 Å². The summed E-state index contributed by atoms with van der Waals surface area (Å²) in [5.74, 6) is -0.991. The number of aliphatic carboxylic acids is 1. The van der Waals surface area contributed by atoms with Crippen LogP contribution in [0.2, 0.25) is 0 Å². The summed E-state index contributed by atoms with van der Waals surface area (Å²) in [6.45, 7) is 3.43. The molecular weight excluding hydrogens is 196 g/mol. The molecule has 0 aliphatic heterocycles. The molecule has 1 heterocycles. The van der Waals surface area contributed by atoms with Gasteiger partial charge in [-0.2, -0.15) is 5.10 Å². The van der Waals surface area contributed by atoms with E-state index in [4.69, 9.17) is 5.11 Å². The van der Waals surface area contributed by atoms with Gasteiger partial charge in [-0.1, -0.05) is 6.08 Å². The minimum atomic E-state index is -0.991. The van der Waals surface area contributed by atoms with Gasteiger partial charge in [0.1, 0.15) is 0 Å². The molecule has 0 radical (unpaired) electrons. The Morgan fingerprint density at radius 1 is 1.67 bits per heavy atom. The molecule has 0 bridgehead atoms. The summed E-state index contributed by atoms with van der Waals surface area (Å²) in [6, 6.07) is 1.46. The van der Waals surface area contributed by atoms with Crippen molar-refractivity contribution in [1.82, 2.24) is 9.78 Å². The van der Waals surface area contributed by atoms with E-state index in [2.05, 4.69) is 5.10 Å². The number of hydrogen-bond acceptors (Lipinski definition) is 3. The normalized spacial score (nSPS) is 11.5. The molecule has 0 aliphatic carbocycles. The Labute approximate surface area is 86.7 Å². The molecule has 1 rings (SSSR count). The lowest BCUT2D eigenvalue weighted by atomic mass is 10.3. The van der Waals surface area contributed by atoms with E-state index in [-0.39, 0.29) is 17.7 Å². The van der Waals surface area contributed by atoms with Crippen molar-refractivity contribution < 1.29 is 9.90 Å². The lowest BCUT2D eigenvalue weighted by Gasteiger charge is -2.00. The maximum absolute atomic E-state index is 11.3. The summed E-state index contributed by atoms with van der Waals surface area (Å²) in [4.78, 5) is 21.8. The fraction of sp³-hybridized carbons (Fsp3) is 0.300. The Hall–Kier alpha value is -1.91. The van der Waals surface area contributed by atoms with Gasteiger partial charge in [0.05, 0.1) is 12.7 Å². The predicted molar refractivity (Wildman–Crippen MR) is 54.6 cm³/mol. The molecule has 5 nitrogen and oxygen atoms in total. The van der Waals surface area contributed by atoms with Crippen LogP contribution < -0.4 is 5.56 Å². The van der Waals surface area contributed by atoms with Crippen molar-refractivity contribution in [2.75, 3.05) is 0 Å². The number of nitrogens with zero attached hydrogens (tertiary/aromatic N) is 2. The highest BCUT2D eigenvalue weighted by atomic mass is 16.4. The van der Waals surface area contributed by atoms with Crippen LogP contribution in [-0.2, 0) is 11.3 Å². The summed E-state index contributed by atoms with van der Waals surface area (Å²) in [6.07, 6.45) is 3.01. The number of rotatable bonds is 3. The van der Waals surface area contributed by atoms with Crippen LogP contribution in [0.4, 0.5) is 0 Å². The topological polar surface area (TPSA) is 72.2 Å². The highest BCUT2D eigenvalue weighted by molar-refractivity contribution is 5.85. The van der Waals surface area contributed by atoms with Gasteiger partial charge in [-0.25, -0.2) is 9.48 Å². The Morgan fingerprint density at radius 2 is 2.33 bits per heavy atom. The molecule has 1 aromatic heterocycles. The summed E-state index contributed by atoms with van der Waals surface area (Å²) in [5, 5.41) is 12.5. The fourth-order valence-corrected chi connectivity index (χ4v) is 0.972. The largest absolute Gasteiger partial charge is 0.478 e. The van der Waals surface area contributed by atoms with Crippen molar-refractivity contribution in [3.8, 4) is 0 Å². The van der Waals surface area contributed by atoms with Gasteiger partial charge in [-0.15, -0.1) is 0 Å². The third-order valence-electron chi connectivity index (χ3n) is 1.91. The van der Waals surface area contributed by atoms with Gasteiger partial charge in [0.2, 0.25) is 0 Å². The van der Waals surface area contributed by atoms with E-state index in [9.17, 15) is 9.59 Å². The maximum Gasteiger partial charge on any atom is 0.331 e. The lowest BCUT2D eigenvalue weighted by molar-refractivity contribution is -0.132. The molecule has 5 heteroatoms. The molecule has 0 saturated heterocycles. The van der Waals surface area contributed by atoms with E-state index in [0.29, 0.717) is 0 Å². The highest BCUT2D eigenvalue weighted by Crippen LogP contribution is 1.93. The van der Waals surface area contributed by atoms with Crippen molar-refractivity contribution in [1.29, 1.82) is 0 Å². The molecule has 0 unspecified atom stereocenters. The van der Waals surface area contributed by atoms with Gasteiger partial charge in [-0.3, -0.25) is 4.79 Å². The average molecular weight is 208 g/mol. The number of hydrogen-bond donors (Lipinski definition) is 1. The van der Waals surface area contributed by atoms with Crippen LogP contribution in [0.1, 0.15) is 12.5 Å². The number of aryl methyl sites for hydroxylation is 1. The summed E-state index contributed by atoms with van der Waals surface area (Å²) in [5.41, 5.74) is 0.754. The first-order valence-corrected chi connectivity index (χ1v) is 4.44. The molecule has 80 valence electrons. The molecule has 0 aliphatic rings. The zero-order valence-corrected chi connectivity index (χ0v) is 8.60. The van der Waals surface area contributed by atoms with Gasteiger partial charge in [0, 0.05) is 11.6 Å². The number of carboxylic acid groups (broad SMARTS) is 1. The third-order valence-corrected chi connectivity index (χ3v) is 1.91. The highest BCUT2D eigenvalue weighted by Gasteiger charge is 2.00. The van der Waals surface area contributed by atoms with Crippen LogP contribution in [0.3, 0.4) is 0 Å². The maximum atomic E-state index is 11.3. The molecule has 1 aromatic rings. The fourth-order valence-electron chi connectivity index (χ4n) is 0.972.